The molecule has 1 aliphatic heterocycles. The molecule has 0 bridgehead atoms. The average molecular weight is 245 g/mol. The molecule has 0 saturated carbocycles. The van der Waals surface area contributed by atoms with Crippen LogP contribution in [0.3, 0.4) is 0 Å². The van der Waals surface area contributed by atoms with Crippen molar-refractivity contribution < 1.29 is 9.82 Å². The Morgan fingerprint density at radius 1 is 1.56 bits per heavy atom. The van der Waals surface area contributed by atoms with Gasteiger partial charge in [-0.1, -0.05) is 32.0 Å². The molecular formula is C12H16BN3O2. The molecule has 1 heterocycles. The molecule has 0 radical (unpaired) electrons. The van der Waals surface area contributed by atoms with Crippen LogP contribution < -0.4 is 11.2 Å². The van der Waals surface area contributed by atoms with Crippen molar-refractivity contribution in [1.29, 1.82) is 0 Å². The number of hydrogen-bond donors (Lipinski definition) is 2. The van der Waals surface area contributed by atoms with Crippen LogP contribution in [0.4, 0.5) is 0 Å². The fraction of sp³-hybridized carbons (Fsp3) is 0.333. The number of hydrogen-bond acceptors (Lipinski definition) is 4. The normalized spacial score (nSPS) is 14.1. The van der Waals surface area contributed by atoms with Crippen molar-refractivity contribution in [3.05, 3.63) is 29.3 Å². The summed E-state index contributed by atoms with van der Waals surface area (Å²) in [5.41, 5.74) is 7.96. The van der Waals surface area contributed by atoms with E-state index in [4.69, 9.17) is 5.73 Å². The summed E-state index contributed by atoms with van der Waals surface area (Å²) >= 11 is 0. The molecule has 1 amide bonds. The number of fused-ring (bicyclic) bond motifs is 1. The fourth-order valence-corrected chi connectivity index (χ4v) is 1.91. The summed E-state index contributed by atoms with van der Waals surface area (Å²) in [7, 11) is -1.05. The second-order valence-corrected chi connectivity index (χ2v) is 4.60. The summed E-state index contributed by atoms with van der Waals surface area (Å²) < 4.78 is 0. The summed E-state index contributed by atoms with van der Waals surface area (Å²) in [5, 5.41) is 14.0. The van der Waals surface area contributed by atoms with Crippen LogP contribution in [0.2, 0.25) is 0 Å². The summed E-state index contributed by atoms with van der Waals surface area (Å²) in [6.07, 6.45) is 1.58. The number of hydrazone groups is 1. The number of rotatable bonds is 2. The van der Waals surface area contributed by atoms with Gasteiger partial charge in [0.1, 0.15) is 0 Å². The highest BCUT2D eigenvalue weighted by molar-refractivity contribution is 6.67. The van der Waals surface area contributed by atoms with E-state index in [9.17, 15) is 9.82 Å². The van der Waals surface area contributed by atoms with Crippen LogP contribution in [0.25, 0.3) is 0 Å². The molecule has 0 aromatic heterocycles. The lowest BCUT2D eigenvalue weighted by atomic mass is 9.69. The molecule has 1 aromatic rings. The predicted octanol–water partition coefficient (Wildman–Crippen LogP) is -0.368. The maximum atomic E-state index is 11.5. The average Bonchev–Trinajstić information content (AvgIpc) is 2.37. The van der Waals surface area contributed by atoms with E-state index >= 15 is 0 Å². The number of carbonyl (C=O) groups is 1. The summed E-state index contributed by atoms with van der Waals surface area (Å²) in [5.74, 6) is 0.00174. The van der Waals surface area contributed by atoms with Gasteiger partial charge in [0.05, 0.1) is 12.8 Å². The molecule has 5 nitrogen and oxygen atoms in total. The van der Waals surface area contributed by atoms with Gasteiger partial charge in [0.15, 0.2) is 0 Å². The molecule has 1 aliphatic rings. The van der Waals surface area contributed by atoms with E-state index in [1.54, 1.807) is 6.21 Å². The van der Waals surface area contributed by atoms with E-state index in [2.05, 4.69) is 18.9 Å². The highest BCUT2D eigenvalue weighted by Gasteiger charge is 2.32. The Morgan fingerprint density at radius 2 is 2.28 bits per heavy atom. The van der Waals surface area contributed by atoms with Gasteiger partial charge in [0.2, 0.25) is 5.91 Å². The van der Waals surface area contributed by atoms with E-state index in [0.717, 1.165) is 10.5 Å². The van der Waals surface area contributed by atoms with Crippen molar-refractivity contribution >= 4 is 24.6 Å². The van der Waals surface area contributed by atoms with E-state index in [-0.39, 0.29) is 6.54 Å². The molecule has 3 N–H and O–H groups in total. The molecule has 18 heavy (non-hydrogen) atoms. The first kappa shape index (κ1) is 12.8. The minimum absolute atomic E-state index is 0.173. The minimum Gasteiger partial charge on any atom is -0.427 e. The Labute approximate surface area is 106 Å². The number of nitrogens with two attached hydrogens (primary N) is 1. The maximum Gasteiger partial charge on any atom is 0.474 e. The smallest absolute Gasteiger partial charge is 0.427 e. The molecule has 0 spiro atoms. The second-order valence-electron chi connectivity index (χ2n) is 4.60. The van der Waals surface area contributed by atoms with Gasteiger partial charge in [-0.3, -0.25) is 4.79 Å². The third kappa shape index (κ3) is 2.17. The van der Waals surface area contributed by atoms with Gasteiger partial charge in [-0.25, -0.2) is 4.92 Å². The van der Waals surface area contributed by atoms with Crippen molar-refractivity contribution in [2.75, 3.05) is 6.54 Å². The molecule has 0 saturated heterocycles. The van der Waals surface area contributed by atoms with Gasteiger partial charge >= 0.3 is 7.05 Å². The van der Waals surface area contributed by atoms with Gasteiger partial charge < -0.3 is 10.8 Å². The lowest BCUT2D eigenvalue weighted by Crippen LogP contribution is -2.53. The molecular weight excluding hydrogens is 229 g/mol. The Balaban J connectivity index is 2.37. The first-order valence-corrected chi connectivity index (χ1v) is 5.92. The van der Waals surface area contributed by atoms with Crippen LogP contribution in [0.1, 0.15) is 30.9 Å². The lowest BCUT2D eigenvalue weighted by molar-refractivity contribution is -0.125. The van der Waals surface area contributed by atoms with Gasteiger partial charge in [-0.05, 0) is 22.5 Å². The van der Waals surface area contributed by atoms with Gasteiger partial charge in [0, 0.05) is 0 Å². The molecule has 0 aliphatic carbocycles. The van der Waals surface area contributed by atoms with Crippen LogP contribution in [0.15, 0.2) is 23.3 Å². The van der Waals surface area contributed by atoms with E-state index in [1.165, 1.54) is 5.56 Å². The molecule has 0 atom stereocenters. The highest BCUT2D eigenvalue weighted by Crippen LogP contribution is 2.16. The van der Waals surface area contributed by atoms with Crippen molar-refractivity contribution in [3.63, 3.8) is 0 Å². The van der Waals surface area contributed by atoms with Crippen molar-refractivity contribution in [2.24, 2.45) is 10.8 Å². The lowest BCUT2D eigenvalue weighted by Gasteiger charge is -2.25. The first-order chi connectivity index (χ1) is 8.54. The molecule has 94 valence electrons. The highest BCUT2D eigenvalue weighted by atomic mass is 16.2. The van der Waals surface area contributed by atoms with Crippen LogP contribution in [-0.2, 0) is 4.79 Å². The number of nitrogens with zero attached hydrogens (tertiary/aromatic N) is 2. The van der Waals surface area contributed by atoms with E-state index in [0.29, 0.717) is 11.4 Å². The molecule has 0 fully saturated rings. The van der Waals surface area contributed by atoms with Gasteiger partial charge in [-0.15, -0.1) is 0 Å². The second kappa shape index (κ2) is 4.92. The van der Waals surface area contributed by atoms with E-state index < -0.39 is 13.0 Å². The molecule has 0 unspecified atom stereocenters. The van der Waals surface area contributed by atoms with E-state index in [1.807, 2.05) is 18.2 Å². The molecule has 2 rings (SSSR count). The van der Waals surface area contributed by atoms with Crippen LogP contribution >= 0.6 is 0 Å². The van der Waals surface area contributed by atoms with Crippen molar-refractivity contribution in [1.82, 2.24) is 4.92 Å². The van der Waals surface area contributed by atoms with Gasteiger partial charge in [-0.2, -0.15) is 5.10 Å². The Morgan fingerprint density at radius 3 is 2.89 bits per heavy atom. The zero-order chi connectivity index (χ0) is 13.3. The summed E-state index contributed by atoms with van der Waals surface area (Å²) in [6.45, 7) is 4.03. The Hall–Kier alpha value is -1.66. The minimum atomic E-state index is -1.05. The molecule has 1 aromatic carbocycles. The zero-order valence-electron chi connectivity index (χ0n) is 10.5. The van der Waals surface area contributed by atoms with Crippen LogP contribution in [0, 0.1) is 0 Å². The van der Waals surface area contributed by atoms with Crippen molar-refractivity contribution in [3.8, 4) is 0 Å². The SMILES string of the molecule is CC(C)c1ccc2c(c1)C=NN(C(=O)CN)B2O. The monoisotopic (exact) mass is 245 g/mol. The van der Waals surface area contributed by atoms with Crippen LogP contribution in [0.5, 0.6) is 0 Å². The van der Waals surface area contributed by atoms with Crippen molar-refractivity contribution in [2.45, 2.75) is 19.8 Å². The zero-order valence-corrected chi connectivity index (χ0v) is 10.5. The first-order valence-electron chi connectivity index (χ1n) is 5.92. The Bertz CT molecular complexity index is 502. The third-order valence-electron chi connectivity index (χ3n) is 3.04. The number of carbonyl (C=O) groups excluding carboxylic acids is 1. The number of amides is 1. The third-order valence-corrected chi connectivity index (χ3v) is 3.04. The predicted molar refractivity (Wildman–Crippen MR) is 71.6 cm³/mol. The number of benzene rings is 1. The molecule has 6 heteroatoms. The standard InChI is InChI=1S/C12H16BN3O2/c1-8(2)9-3-4-11-10(5-9)7-15-16(13(11)18)12(17)6-14/h3-5,7-8,18H,6,14H2,1-2H3. The fourth-order valence-electron chi connectivity index (χ4n) is 1.91. The summed E-state index contributed by atoms with van der Waals surface area (Å²) in [6, 6.07) is 5.77. The quantitative estimate of drug-likeness (QED) is 0.698. The summed E-state index contributed by atoms with van der Waals surface area (Å²) in [4.78, 5) is 12.5. The van der Waals surface area contributed by atoms with Crippen LogP contribution in [-0.4, -0.2) is 35.7 Å². The van der Waals surface area contributed by atoms with Gasteiger partial charge in [0.25, 0.3) is 0 Å². The largest absolute Gasteiger partial charge is 0.474 e. The topological polar surface area (TPSA) is 78.9 Å². The maximum absolute atomic E-state index is 11.5. The Kier molecular flexibility index (Phi) is 3.49.